The molecule has 33 heavy (non-hydrogen) atoms. The Hall–Kier alpha value is -1.95. The predicted octanol–water partition coefficient (Wildman–Crippen LogP) is 2.95. The quantitative estimate of drug-likeness (QED) is 0.408. The van der Waals surface area contributed by atoms with Gasteiger partial charge in [0.25, 0.3) is 0 Å². The predicted molar refractivity (Wildman–Crippen MR) is 124 cm³/mol. The van der Waals surface area contributed by atoms with E-state index in [0.29, 0.717) is 43.8 Å². The highest BCUT2D eigenvalue weighted by atomic mass is 32.2. The maximum absolute atomic E-state index is 12.8. The Bertz CT molecular complexity index is 1040. The number of hydrogen-bond acceptors (Lipinski definition) is 8. The highest BCUT2D eigenvalue weighted by molar-refractivity contribution is 7.99. The Morgan fingerprint density at radius 1 is 1.12 bits per heavy atom. The van der Waals surface area contributed by atoms with Gasteiger partial charge in [-0.15, -0.1) is 10.2 Å². The van der Waals surface area contributed by atoms with Crippen molar-refractivity contribution < 1.29 is 22.7 Å². The van der Waals surface area contributed by atoms with Gasteiger partial charge in [-0.3, -0.25) is 4.79 Å². The maximum atomic E-state index is 12.8. The molecule has 1 aromatic carbocycles. The first kappa shape index (κ1) is 24.2. The van der Waals surface area contributed by atoms with E-state index in [4.69, 9.17) is 9.47 Å². The molecule has 9 nitrogen and oxygen atoms in total. The molecular formula is C22H30N4O5S2. The number of benzene rings is 1. The number of carbonyl (C=O) groups is 1. The van der Waals surface area contributed by atoms with Crippen LogP contribution in [0, 0.1) is 0 Å². The molecule has 1 saturated heterocycles. The molecule has 11 heteroatoms. The van der Waals surface area contributed by atoms with Crippen LogP contribution in [0.3, 0.4) is 0 Å². The molecule has 0 spiro atoms. The molecule has 1 saturated carbocycles. The average Bonchev–Trinajstić information content (AvgIpc) is 3.27. The van der Waals surface area contributed by atoms with Crippen LogP contribution in [0.4, 0.5) is 0 Å². The Balaban J connectivity index is 1.42. The van der Waals surface area contributed by atoms with Gasteiger partial charge in [0.2, 0.25) is 10.0 Å². The summed E-state index contributed by atoms with van der Waals surface area (Å²) >= 11 is 1.31. The molecule has 0 radical (unpaired) electrons. The van der Waals surface area contributed by atoms with E-state index >= 15 is 0 Å². The average molecular weight is 495 g/mol. The van der Waals surface area contributed by atoms with Gasteiger partial charge >= 0.3 is 5.97 Å². The topological polar surface area (TPSA) is 104 Å². The highest BCUT2D eigenvalue weighted by Crippen LogP contribution is 2.27. The van der Waals surface area contributed by atoms with E-state index in [2.05, 4.69) is 10.2 Å². The van der Waals surface area contributed by atoms with Crippen LogP contribution in [-0.4, -0.2) is 71.6 Å². The zero-order valence-corrected chi connectivity index (χ0v) is 20.4. The van der Waals surface area contributed by atoms with Gasteiger partial charge < -0.3 is 14.0 Å². The normalized spacial score (nSPS) is 18.3. The summed E-state index contributed by atoms with van der Waals surface area (Å²) in [5, 5.41) is 9.19. The molecule has 0 unspecified atom stereocenters. The summed E-state index contributed by atoms with van der Waals surface area (Å²) < 4.78 is 39.9. The number of esters is 1. The summed E-state index contributed by atoms with van der Waals surface area (Å²) in [6.07, 6.45) is 5.38. The van der Waals surface area contributed by atoms with Crippen molar-refractivity contribution in [2.45, 2.75) is 61.7 Å². The summed E-state index contributed by atoms with van der Waals surface area (Å²) in [6, 6.07) is 6.69. The molecule has 2 aliphatic rings. The molecule has 1 aliphatic carbocycles. The number of carbonyl (C=O) groups excluding carboxylic acids is 1. The third-order valence-electron chi connectivity index (χ3n) is 5.92. The first-order chi connectivity index (χ1) is 16.0. The molecular weight excluding hydrogens is 464 g/mol. The standard InChI is InChI=1S/C22H30N4O5S2/c1-2-26-21(23-24-22(26)32-16-20(27)31-18-6-4-3-5-7-18)17-8-10-19(11-9-17)33(28,29)25-12-14-30-15-13-25/h8-11,18H,2-7,12-16H2,1H3. The minimum atomic E-state index is -3.55. The zero-order valence-electron chi connectivity index (χ0n) is 18.8. The number of sulfonamides is 1. The van der Waals surface area contributed by atoms with Crippen molar-refractivity contribution in [3.05, 3.63) is 24.3 Å². The largest absolute Gasteiger partial charge is 0.462 e. The Kier molecular flexibility index (Phi) is 8.05. The minimum absolute atomic E-state index is 0.0405. The van der Waals surface area contributed by atoms with Crippen molar-refractivity contribution in [3.8, 4) is 11.4 Å². The molecule has 2 fully saturated rings. The fraction of sp³-hybridized carbons (Fsp3) is 0.591. The molecule has 2 heterocycles. The van der Waals surface area contributed by atoms with Gasteiger partial charge in [-0.25, -0.2) is 8.42 Å². The number of hydrogen-bond donors (Lipinski definition) is 0. The molecule has 2 aromatic rings. The van der Waals surface area contributed by atoms with Crippen LogP contribution in [0.2, 0.25) is 0 Å². The lowest BCUT2D eigenvalue weighted by atomic mass is 9.98. The van der Waals surface area contributed by atoms with Gasteiger partial charge in [0.15, 0.2) is 11.0 Å². The minimum Gasteiger partial charge on any atom is -0.462 e. The number of ether oxygens (including phenoxy) is 2. The third-order valence-corrected chi connectivity index (χ3v) is 8.78. The lowest BCUT2D eigenvalue weighted by molar-refractivity contribution is -0.147. The fourth-order valence-corrected chi connectivity index (χ4v) is 6.33. The van der Waals surface area contributed by atoms with Crippen molar-refractivity contribution >= 4 is 27.8 Å². The van der Waals surface area contributed by atoms with Crippen molar-refractivity contribution in [1.82, 2.24) is 19.1 Å². The van der Waals surface area contributed by atoms with E-state index in [-0.39, 0.29) is 22.7 Å². The molecule has 180 valence electrons. The van der Waals surface area contributed by atoms with Crippen LogP contribution >= 0.6 is 11.8 Å². The lowest BCUT2D eigenvalue weighted by Crippen LogP contribution is -2.40. The van der Waals surface area contributed by atoms with Crippen LogP contribution in [0.15, 0.2) is 34.3 Å². The van der Waals surface area contributed by atoms with Crippen molar-refractivity contribution in [1.29, 1.82) is 0 Å². The Labute approximate surface area is 198 Å². The first-order valence-corrected chi connectivity index (χ1v) is 13.9. The second kappa shape index (κ2) is 11.0. The summed E-state index contributed by atoms with van der Waals surface area (Å²) in [5.74, 6) is 0.596. The second-order valence-corrected chi connectivity index (χ2v) is 11.0. The lowest BCUT2D eigenvalue weighted by Gasteiger charge is -2.26. The number of morpholine rings is 1. The molecule has 0 atom stereocenters. The van der Waals surface area contributed by atoms with E-state index < -0.39 is 10.0 Å². The van der Waals surface area contributed by atoms with Crippen LogP contribution < -0.4 is 0 Å². The molecule has 0 N–H and O–H groups in total. The van der Waals surface area contributed by atoms with Crippen molar-refractivity contribution in [2.24, 2.45) is 0 Å². The number of aromatic nitrogens is 3. The van der Waals surface area contributed by atoms with E-state index in [1.165, 1.54) is 22.5 Å². The number of thioether (sulfide) groups is 1. The van der Waals surface area contributed by atoms with Crippen molar-refractivity contribution in [3.63, 3.8) is 0 Å². The van der Waals surface area contributed by atoms with Gasteiger partial charge in [-0.2, -0.15) is 4.31 Å². The molecule has 1 aromatic heterocycles. The van der Waals surface area contributed by atoms with Gasteiger partial charge in [0.1, 0.15) is 6.10 Å². The Morgan fingerprint density at radius 2 is 1.82 bits per heavy atom. The van der Waals surface area contributed by atoms with E-state index in [1.54, 1.807) is 24.3 Å². The van der Waals surface area contributed by atoms with Crippen LogP contribution in [0.5, 0.6) is 0 Å². The monoisotopic (exact) mass is 494 g/mol. The molecule has 0 bridgehead atoms. The zero-order chi connectivity index (χ0) is 23.3. The smallest absolute Gasteiger partial charge is 0.316 e. The van der Waals surface area contributed by atoms with E-state index in [9.17, 15) is 13.2 Å². The first-order valence-electron chi connectivity index (χ1n) is 11.4. The molecule has 0 amide bonds. The fourth-order valence-electron chi connectivity index (χ4n) is 4.13. The van der Waals surface area contributed by atoms with Gasteiger partial charge in [0, 0.05) is 25.2 Å². The van der Waals surface area contributed by atoms with E-state index in [0.717, 1.165) is 31.2 Å². The maximum Gasteiger partial charge on any atom is 0.316 e. The summed E-state index contributed by atoms with van der Waals surface area (Å²) in [4.78, 5) is 12.5. The number of rotatable bonds is 8. The van der Waals surface area contributed by atoms with E-state index in [1.807, 2.05) is 11.5 Å². The highest BCUT2D eigenvalue weighted by Gasteiger charge is 2.26. The summed E-state index contributed by atoms with van der Waals surface area (Å²) in [5.41, 5.74) is 0.766. The number of nitrogens with zero attached hydrogens (tertiary/aromatic N) is 4. The third kappa shape index (κ3) is 5.76. The summed E-state index contributed by atoms with van der Waals surface area (Å²) in [7, 11) is -3.55. The van der Waals surface area contributed by atoms with Crippen LogP contribution in [-0.2, 0) is 30.8 Å². The Morgan fingerprint density at radius 3 is 2.48 bits per heavy atom. The van der Waals surface area contributed by atoms with Gasteiger partial charge in [-0.1, -0.05) is 18.2 Å². The van der Waals surface area contributed by atoms with Crippen molar-refractivity contribution in [2.75, 3.05) is 32.1 Å². The van der Waals surface area contributed by atoms with Gasteiger partial charge in [-0.05, 0) is 56.9 Å². The van der Waals surface area contributed by atoms with Crippen LogP contribution in [0.1, 0.15) is 39.0 Å². The van der Waals surface area contributed by atoms with Gasteiger partial charge in [0.05, 0.1) is 23.9 Å². The SMILES string of the molecule is CCn1c(SCC(=O)OC2CCCCC2)nnc1-c1ccc(S(=O)(=O)N2CCOCC2)cc1. The van der Waals surface area contributed by atoms with Crippen LogP contribution in [0.25, 0.3) is 11.4 Å². The summed E-state index contributed by atoms with van der Waals surface area (Å²) in [6.45, 7) is 4.14. The molecule has 4 rings (SSSR count). The second-order valence-electron chi connectivity index (χ2n) is 8.13. The molecule has 1 aliphatic heterocycles.